The zero-order chi connectivity index (χ0) is 14.8. The van der Waals surface area contributed by atoms with E-state index in [0.717, 1.165) is 35.9 Å². The van der Waals surface area contributed by atoms with Crippen LogP contribution in [-0.2, 0) is 4.79 Å². The molecule has 3 N–H and O–H groups in total. The molecule has 2 saturated carbocycles. The Bertz CT molecular complexity index is 526. The Kier molecular flexibility index (Phi) is 4.18. The van der Waals surface area contributed by atoms with E-state index in [1.165, 1.54) is 32.1 Å². The van der Waals surface area contributed by atoms with E-state index in [1.54, 1.807) is 0 Å². The summed E-state index contributed by atoms with van der Waals surface area (Å²) in [6.07, 6.45) is 8.81. The molecule has 0 aromatic heterocycles. The predicted octanol–water partition coefficient (Wildman–Crippen LogP) is 4.12. The van der Waals surface area contributed by atoms with Gasteiger partial charge in [-0.3, -0.25) is 4.79 Å². The topological polar surface area (TPSA) is 55.1 Å². The molecule has 3 atom stereocenters. The lowest BCUT2D eigenvalue weighted by Crippen LogP contribution is -2.34. The number of amides is 1. The number of nitrogens with one attached hydrogen (secondary N) is 1. The van der Waals surface area contributed by atoms with E-state index in [1.807, 2.05) is 25.1 Å². The molecule has 114 valence electrons. The van der Waals surface area contributed by atoms with E-state index in [-0.39, 0.29) is 11.8 Å². The number of anilines is 2. The minimum absolute atomic E-state index is 0.185. The summed E-state index contributed by atoms with van der Waals surface area (Å²) in [5.41, 5.74) is 8.46. The molecule has 2 fully saturated rings. The first-order chi connectivity index (χ1) is 10.1. The first-order valence-electron chi connectivity index (χ1n) is 8.30. The number of aryl methyl sites for hydroxylation is 1. The Morgan fingerprint density at radius 3 is 2.71 bits per heavy atom. The quantitative estimate of drug-likeness (QED) is 0.803. The average molecular weight is 286 g/mol. The van der Waals surface area contributed by atoms with Crippen molar-refractivity contribution in [1.29, 1.82) is 0 Å². The SMILES string of the molecule is Cc1ccc(N)cc1NC(=O)C1CCC2CCCCC2C1. The van der Waals surface area contributed by atoms with Gasteiger partial charge in [-0.2, -0.15) is 0 Å². The molecule has 0 spiro atoms. The first kappa shape index (κ1) is 14.4. The van der Waals surface area contributed by atoms with Gasteiger partial charge in [-0.25, -0.2) is 0 Å². The Balaban J connectivity index is 1.64. The van der Waals surface area contributed by atoms with Crippen LogP contribution >= 0.6 is 0 Å². The summed E-state index contributed by atoms with van der Waals surface area (Å²) < 4.78 is 0. The second-order valence-electron chi connectivity index (χ2n) is 6.88. The highest BCUT2D eigenvalue weighted by Gasteiger charge is 2.35. The fourth-order valence-electron chi connectivity index (χ4n) is 4.12. The van der Waals surface area contributed by atoms with Crippen molar-refractivity contribution in [3.63, 3.8) is 0 Å². The van der Waals surface area contributed by atoms with Crippen LogP contribution in [-0.4, -0.2) is 5.91 Å². The van der Waals surface area contributed by atoms with Crippen molar-refractivity contribution >= 4 is 17.3 Å². The van der Waals surface area contributed by atoms with E-state index in [0.29, 0.717) is 5.69 Å². The molecule has 0 bridgehead atoms. The van der Waals surface area contributed by atoms with E-state index >= 15 is 0 Å². The maximum atomic E-state index is 12.6. The van der Waals surface area contributed by atoms with Crippen molar-refractivity contribution in [2.45, 2.75) is 51.9 Å². The van der Waals surface area contributed by atoms with Gasteiger partial charge in [0.05, 0.1) is 0 Å². The lowest BCUT2D eigenvalue weighted by Gasteiger charge is -2.38. The van der Waals surface area contributed by atoms with Crippen molar-refractivity contribution in [3.05, 3.63) is 23.8 Å². The summed E-state index contributed by atoms with van der Waals surface area (Å²) in [5, 5.41) is 3.10. The number of fused-ring (bicyclic) bond motifs is 1. The maximum absolute atomic E-state index is 12.6. The first-order valence-corrected chi connectivity index (χ1v) is 8.30. The minimum Gasteiger partial charge on any atom is -0.399 e. The number of hydrogen-bond donors (Lipinski definition) is 2. The fraction of sp³-hybridized carbons (Fsp3) is 0.611. The van der Waals surface area contributed by atoms with Crippen LogP contribution in [0.5, 0.6) is 0 Å². The minimum atomic E-state index is 0.185. The zero-order valence-electron chi connectivity index (χ0n) is 12.9. The van der Waals surface area contributed by atoms with Gasteiger partial charge in [0, 0.05) is 17.3 Å². The number of carbonyl (C=O) groups is 1. The summed E-state index contributed by atoms with van der Waals surface area (Å²) in [5.74, 6) is 2.04. The van der Waals surface area contributed by atoms with Crippen LogP contribution in [0.4, 0.5) is 11.4 Å². The molecule has 2 aliphatic carbocycles. The Morgan fingerprint density at radius 2 is 1.90 bits per heavy atom. The monoisotopic (exact) mass is 286 g/mol. The van der Waals surface area contributed by atoms with Crippen molar-refractivity contribution in [3.8, 4) is 0 Å². The predicted molar refractivity (Wildman–Crippen MR) is 87.0 cm³/mol. The molecule has 0 saturated heterocycles. The van der Waals surface area contributed by atoms with Crippen LogP contribution in [0.1, 0.15) is 50.5 Å². The number of nitrogens with two attached hydrogens (primary N) is 1. The molecule has 0 aliphatic heterocycles. The van der Waals surface area contributed by atoms with E-state index < -0.39 is 0 Å². The van der Waals surface area contributed by atoms with Crippen LogP contribution in [0.2, 0.25) is 0 Å². The lowest BCUT2D eigenvalue weighted by molar-refractivity contribution is -0.122. The Hall–Kier alpha value is -1.51. The second-order valence-corrected chi connectivity index (χ2v) is 6.88. The zero-order valence-corrected chi connectivity index (χ0v) is 12.9. The number of benzene rings is 1. The third-order valence-electron chi connectivity index (χ3n) is 5.43. The molecule has 3 unspecified atom stereocenters. The maximum Gasteiger partial charge on any atom is 0.227 e. The van der Waals surface area contributed by atoms with Crippen LogP contribution < -0.4 is 11.1 Å². The van der Waals surface area contributed by atoms with E-state index in [4.69, 9.17) is 5.73 Å². The average Bonchev–Trinajstić information content (AvgIpc) is 2.50. The van der Waals surface area contributed by atoms with Gasteiger partial charge in [0.2, 0.25) is 5.91 Å². The number of nitrogen functional groups attached to an aromatic ring is 1. The molecular weight excluding hydrogens is 260 g/mol. The molecule has 3 heteroatoms. The molecule has 3 rings (SSSR count). The molecule has 1 aromatic carbocycles. The number of hydrogen-bond acceptors (Lipinski definition) is 2. The highest BCUT2D eigenvalue weighted by molar-refractivity contribution is 5.93. The molecule has 2 aliphatic rings. The van der Waals surface area contributed by atoms with Crippen LogP contribution in [0.15, 0.2) is 18.2 Å². The van der Waals surface area contributed by atoms with Gasteiger partial charge in [0.15, 0.2) is 0 Å². The van der Waals surface area contributed by atoms with Crippen LogP contribution in [0, 0.1) is 24.7 Å². The molecule has 0 radical (unpaired) electrons. The highest BCUT2D eigenvalue weighted by Crippen LogP contribution is 2.43. The van der Waals surface area contributed by atoms with Gasteiger partial charge < -0.3 is 11.1 Å². The molecule has 1 aromatic rings. The van der Waals surface area contributed by atoms with Gasteiger partial charge in [-0.05, 0) is 55.7 Å². The molecule has 21 heavy (non-hydrogen) atoms. The largest absolute Gasteiger partial charge is 0.399 e. The van der Waals surface area contributed by atoms with Crippen molar-refractivity contribution in [2.24, 2.45) is 17.8 Å². The number of rotatable bonds is 2. The summed E-state index contributed by atoms with van der Waals surface area (Å²) >= 11 is 0. The fourth-order valence-corrected chi connectivity index (χ4v) is 4.12. The van der Waals surface area contributed by atoms with Gasteiger partial charge in [0.25, 0.3) is 0 Å². The number of carbonyl (C=O) groups excluding carboxylic acids is 1. The second kappa shape index (κ2) is 6.08. The van der Waals surface area contributed by atoms with Gasteiger partial charge in [0.1, 0.15) is 0 Å². The Morgan fingerprint density at radius 1 is 1.14 bits per heavy atom. The third-order valence-corrected chi connectivity index (χ3v) is 5.43. The lowest BCUT2D eigenvalue weighted by atomic mass is 9.67. The molecular formula is C18H26N2O. The normalized spacial score (nSPS) is 28.7. The molecule has 3 nitrogen and oxygen atoms in total. The van der Waals surface area contributed by atoms with Crippen molar-refractivity contribution in [1.82, 2.24) is 0 Å². The van der Waals surface area contributed by atoms with Crippen LogP contribution in [0.25, 0.3) is 0 Å². The molecule has 0 heterocycles. The Labute approximate surface area is 127 Å². The summed E-state index contributed by atoms with van der Waals surface area (Å²) in [6, 6.07) is 5.70. The smallest absolute Gasteiger partial charge is 0.227 e. The summed E-state index contributed by atoms with van der Waals surface area (Å²) in [7, 11) is 0. The van der Waals surface area contributed by atoms with Crippen molar-refractivity contribution in [2.75, 3.05) is 11.1 Å². The van der Waals surface area contributed by atoms with Gasteiger partial charge >= 0.3 is 0 Å². The van der Waals surface area contributed by atoms with Gasteiger partial charge in [-0.15, -0.1) is 0 Å². The summed E-state index contributed by atoms with van der Waals surface area (Å²) in [6.45, 7) is 2.01. The van der Waals surface area contributed by atoms with Crippen molar-refractivity contribution < 1.29 is 4.79 Å². The van der Waals surface area contributed by atoms with Crippen LogP contribution in [0.3, 0.4) is 0 Å². The van der Waals surface area contributed by atoms with Gasteiger partial charge in [-0.1, -0.05) is 31.7 Å². The highest BCUT2D eigenvalue weighted by atomic mass is 16.1. The standard InChI is InChI=1S/C18H26N2O/c1-12-6-9-16(19)11-17(12)20-18(21)15-8-7-13-4-2-3-5-14(13)10-15/h6,9,11,13-15H,2-5,7-8,10,19H2,1H3,(H,20,21). The van der Waals surface area contributed by atoms with E-state index in [9.17, 15) is 4.79 Å². The summed E-state index contributed by atoms with van der Waals surface area (Å²) in [4.78, 5) is 12.6. The third kappa shape index (κ3) is 3.22. The molecule has 1 amide bonds. The van der Waals surface area contributed by atoms with E-state index in [2.05, 4.69) is 5.32 Å².